The Morgan fingerprint density at radius 2 is 2.13 bits per heavy atom. The van der Waals surface area contributed by atoms with Crippen LogP contribution in [0.4, 0.5) is 19.0 Å². The van der Waals surface area contributed by atoms with Crippen LogP contribution in [0.1, 0.15) is 31.4 Å². The summed E-state index contributed by atoms with van der Waals surface area (Å²) < 4.78 is 62.0. The quantitative estimate of drug-likeness (QED) is 0.733. The van der Waals surface area contributed by atoms with Crippen molar-refractivity contribution in [1.82, 2.24) is 15.3 Å². The molecule has 1 aromatic rings. The van der Waals surface area contributed by atoms with Crippen molar-refractivity contribution >= 4 is 27.3 Å². The second-order valence-corrected chi connectivity index (χ2v) is 10.1. The fraction of sp³-hybridized carbons (Fsp3) is 0.647. The zero-order valence-electron chi connectivity index (χ0n) is 15.9. The number of rotatable bonds is 3. The Kier molecular flexibility index (Phi) is 5.11. The van der Waals surface area contributed by atoms with E-state index in [4.69, 9.17) is 4.84 Å². The van der Waals surface area contributed by atoms with Gasteiger partial charge in [0.25, 0.3) is 5.91 Å². The van der Waals surface area contributed by atoms with E-state index in [2.05, 4.69) is 20.4 Å². The van der Waals surface area contributed by atoms with Gasteiger partial charge in [0.1, 0.15) is 23.6 Å². The molecule has 0 aliphatic carbocycles. The average Bonchev–Trinajstić information content (AvgIpc) is 3.24. The first-order valence-electron chi connectivity index (χ1n) is 9.46. The van der Waals surface area contributed by atoms with Gasteiger partial charge in [0, 0.05) is 25.1 Å². The summed E-state index contributed by atoms with van der Waals surface area (Å²) >= 11 is 0. The van der Waals surface area contributed by atoms with Crippen LogP contribution in [0.3, 0.4) is 0 Å². The number of amides is 1. The number of hydrogen-bond acceptors (Lipinski definition) is 8. The third-order valence-corrected chi connectivity index (χ3v) is 7.24. The molecule has 0 radical (unpaired) electrons. The number of hydrogen-bond donors (Lipinski definition) is 1. The van der Waals surface area contributed by atoms with Crippen LogP contribution in [-0.2, 0) is 25.6 Å². The second-order valence-electron chi connectivity index (χ2n) is 7.85. The molecule has 0 bridgehead atoms. The van der Waals surface area contributed by atoms with E-state index >= 15 is 0 Å². The number of carbonyl (C=O) groups is 1. The van der Waals surface area contributed by atoms with Gasteiger partial charge in [-0.3, -0.25) is 4.79 Å². The number of oxime groups is 1. The lowest BCUT2D eigenvalue weighted by atomic mass is 9.88. The number of carbonyl (C=O) groups excluding carboxylic acids is 1. The molecule has 4 rings (SSSR count). The predicted molar refractivity (Wildman–Crippen MR) is 99.6 cm³/mol. The SMILES string of the molecule is O=C(N[C@@H]1CCS(=O)(=O)C1)C1=NO[C@]2(CCCN(c3cc(C(F)(F)F)ncn3)C2)C1. The zero-order valence-corrected chi connectivity index (χ0v) is 16.7. The van der Waals surface area contributed by atoms with Gasteiger partial charge in [-0.1, -0.05) is 5.16 Å². The summed E-state index contributed by atoms with van der Waals surface area (Å²) in [5.41, 5.74) is -1.71. The molecular weight excluding hydrogens is 427 g/mol. The van der Waals surface area contributed by atoms with Crippen LogP contribution >= 0.6 is 0 Å². The molecule has 4 heterocycles. The van der Waals surface area contributed by atoms with Gasteiger partial charge in [0.05, 0.1) is 18.1 Å². The molecule has 3 aliphatic rings. The molecular formula is C17H20F3N5O4S. The smallest absolute Gasteiger partial charge is 0.386 e. The number of sulfone groups is 1. The van der Waals surface area contributed by atoms with Crippen molar-refractivity contribution in [2.75, 3.05) is 29.5 Å². The van der Waals surface area contributed by atoms with E-state index in [1.807, 2.05) is 0 Å². The lowest BCUT2D eigenvalue weighted by molar-refractivity contribution is -0.141. The van der Waals surface area contributed by atoms with E-state index in [9.17, 15) is 26.4 Å². The third kappa shape index (κ3) is 4.35. The summed E-state index contributed by atoms with van der Waals surface area (Å²) in [6, 6.07) is 0.439. The van der Waals surface area contributed by atoms with Crippen LogP contribution in [0, 0.1) is 0 Å². The molecule has 0 unspecified atom stereocenters. The zero-order chi connectivity index (χ0) is 21.6. The minimum atomic E-state index is -4.57. The Hall–Kier alpha value is -2.44. The van der Waals surface area contributed by atoms with Crippen molar-refractivity contribution in [1.29, 1.82) is 0 Å². The van der Waals surface area contributed by atoms with Gasteiger partial charge in [-0.15, -0.1) is 0 Å². The van der Waals surface area contributed by atoms with Crippen molar-refractivity contribution in [3.8, 4) is 0 Å². The summed E-state index contributed by atoms with van der Waals surface area (Å²) in [4.78, 5) is 26.9. The molecule has 1 N–H and O–H groups in total. The summed E-state index contributed by atoms with van der Waals surface area (Å²) in [6.07, 6.45) is -1.95. The molecule has 2 saturated heterocycles. The van der Waals surface area contributed by atoms with Gasteiger partial charge < -0.3 is 15.1 Å². The molecule has 3 aliphatic heterocycles. The largest absolute Gasteiger partial charge is 0.433 e. The van der Waals surface area contributed by atoms with Crippen molar-refractivity contribution in [3.05, 3.63) is 18.1 Å². The maximum atomic E-state index is 13.0. The van der Waals surface area contributed by atoms with Crippen molar-refractivity contribution < 1.29 is 31.2 Å². The molecule has 164 valence electrons. The van der Waals surface area contributed by atoms with Gasteiger partial charge >= 0.3 is 6.18 Å². The summed E-state index contributed by atoms with van der Waals surface area (Å²) in [7, 11) is -3.13. The first-order chi connectivity index (χ1) is 14.1. The minimum absolute atomic E-state index is 0.0403. The Morgan fingerprint density at radius 1 is 1.33 bits per heavy atom. The number of nitrogens with one attached hydrogen (secondary N) is 1. The van der Waals surface area contributed by atoms with Crippen LogP contribution in [0.2, 0.25) is 0 Å². The van der Waals surface area contributed by atoms with Crippen LogP contribution in [0.5, 0.6) is 0 Å². The van der Waals surface area contributed by atoms with E-state index in [-0.39, 0.29) is 36.0 Å². The highest BCUT2D eigenvalue weighted by molar-refractivity contribution is 7.91. The molecule has 1 spiro atoms. The number of piperidine rings is 1. The summed E-state index contributed by atoms with van der Waals surface area (Å²) in [5, 5.41) is 6.57. The Balaban J connectivity index is 1.41. The molecule has 1 amide bonds. The molecule has 2 fully saturated rings. The van der Waals surface area contributed by atoms with E-state index < -0.39 is 39.3 Å². The minimum Gasteiger partial charge on any atom is -0.386 e. The monoisotopic (exact) mass is 447 g/mol. The maximum absolute atomic E-state index is 13.0. The summed E-state index contributed by atoms with van der Waals surface area (Å²) in [6.45, 7) is 0.709. The van der Waals surface area contributed by atoms with Crippen LogP contribution in [0.15, 0.2) is 17.5 Å². The van der Waals surface area contributed by atoms with Gasteiger partial charge in [-0.05, 0) is 19.3 Å². The lowest BCUT2D eigenvalue weighted by Crippen LogP contribution is -2.49. The number of alkyl halides is 3. The number of aromatic nitrogens is 2. The maximum Gasteiger partial charge on any atom is 0.433 e. The first kappa shape index (κ1) is 20.8. The van der Waals surface area contributed by atoms with Gasteiger partial charge in [0.2, 0.25) is 0 Å². The predicted octanol–water partition coefficient (Wildman–Crippen LogP) is 0.914. The van der Waals surface area contributed by atoms with Gasteiger partial charge in [0.15, 0.2) is 15.4 Å². The highest BCUT2D eigenvalue weighted by Gasteiger charge is 2.45. The molecule has 1 aromatic heterocycles. The molecule has 13 heteroatoms. The fourth-order valence-corrected chi connectivity index (χ4v) is 5.68. The Bertz CT molecular complexity index is 984. The van der Waals surface area contributed by atoms with Crippen LogP contribution in [-0.4, -0.2) is 66.2 Å². The van der Waals surface area contributed by atoms with E-state index in [0.717, 1.165) is 12.4 Å². The van der Waals surface area contributed by atoms with Crippen LogP contribution in [0.25, 0.3) is 0 Å². The standard InChI is InChI=1S/C17H20F3N5O4S/c18-17(19,20)13-6-14(22-10-21-13)25-4-1-3-16(9-25)7-12(24-29-16)15(26)23-11-2-5-30(27,28)8-11/h6,10-11H,1-5,7-9H2,(H,23,26)/t11-,16-/m1/s1. The topological polar surface area (TPSA) is 114 Å². The van der Waals surface area contributed by atoms with Crippen molar-refractivity contribution in [2.24, 2.45) is 5.16 Å². The number of nitrogens with zero attached hydrogens (tertiary/aromatic N) is 4. The normalized spacial score (nSPS) is 28.3. The van der Waals surface area contributed by atoms with E-state index in [0.29, 0.717) is 25.8 Å². The van der Waals surface area contributed by atoms with Crippen LogP contribution < -0.4 is 10.2 Å². The van der Waals surface area contributed by atoms with E-state index in [1.165, 1.54) is 0 Å². The fourth-order valence-electron chi connectivity index (χ4n) is 4.01. The number of halogens is 3. The van der Waals surface area contributed by atoms with E-state index in [1.54, 1.807) is 4.90 Å². The Labute approximate surface area is 170 Å². The second kappa shape index (κ2) is 7.36. The highest BCUT2D eigenvalue weighted by atomic mass is 32.2. The first-order valence-corrected chi connectivity index (χ1v) is 11.3. The average molecular weight is 447 g/mol. The van der Waals surface area contributed by atoms with Gasteiger partial charge in [-0.2, -0.15) is 13.2 Å². The lowest BCUT2D eigenvalue weighted by Gasteiger charge is -2.38. The number of anilines is 1. The molecule has 2 atom stereocenters. The summed E-state index contributed by atoms with van der Waals surface area (Å²) in [5.74, 6) is -0.402. The highest BCUT2D eigenvalue weighted by Crippen LogP contribution is 2.36. The molecule has 0 aromatic carbocycles. The molecule has 0 saturated carbocycles. The Morgan fingerprint density at radius 3 is 2.83 bits per heavy atom. The van der Waals surface area contributed by atoms with Gasteiger partial charge in [-0.25, -0.2) is 18.4 Å². The van der Waals surface area contributed by atoms with Crippen molar-refractivity contribution in [3.63, 3.8) is 0 Å². The third-order valence-electron chi connectivity index (χ3n) is 5.48. The molecule has 30 heavy (non-hydrogen) atoms. The molecule has 9 nitrogen and oxygen atoms in total. The van der Waals surface area contributed by atoms with Crippen molar-refractivity contribution in [2.45, 2.75) is 43.5 Å².